The lowest BCUT2D eigenvalue weighted by molar-refractivity contribution is 0.0997. The highest BCUT2D eigenvalue weighted by Gasteiger charge is 2.21. The molecular weight excluding hydrogens is 431 g/mol. The summed E-state index contributed by atoms with van der Waals surface area (Å²) in [4.78, 5) is 19.0. The van der Waals surface area contributed by atoms with Crippen LogP contribution in [0.4, 0.5) is 0 Å². The van der Waals surface area contributed by atoms with E-state index in [0.717, 1.165) is 21.2 Å². The summed E-state index contributed by atoms with van der Waals surface area (Å²) in [6.45, 7) is 0. The predicted molar refractivity (Wildman–Crippen MR) is 105 cm³/mol. The average molecular weight is 446 g/mol. The van der Waals surface area contributed by atoms with Crippen LogP contribution in [0.15, 0.2) is 53.5 Å². The van der Waals surface area contributed by atoms with Gasteiger partial charge in [-0.25, -0.2) is 0 Å². The van der Waals surface area contributed by atoms with Crippen LogP contribution in [0, 0.1) is 3.57 Å². The van der Waals surface area contributed by atoms with Gasteiger partial charge in [0.15, 0.2) is 4.80 Å². The van der Waals surface area contributed by atoms with E-state index in [0.29, 0.717) is 5.56 Å². The molecule has 1 aliphatic rings. The Morgan fingerprint density at radius 2 is 1.88 bits per heavy atom. The molecule has 120 valence electrons. The molecule has 3 aromatic rings. The van der Waals surface area contributed by atoms with E-state index in [4.69, 9.17) is 0 Å². The van der Waals surface area contributed by atoms with E-state index in [-0.39, 0.29) is 5.91 Å². The molecule has 0 N–H and O–H groups in total. The van der Waals surface area contributed by atoms with Crippen LogP contribution >= 0.6 is 33.9 Å². The van der Waals surface area contributed by atoms with Crippen molar-refractivity contribution >= 4 is 39.8 Å². The van der Waals surface area contributed by atoms with Crippen molar-refractivity contribution in [3.8, 4) is 11.3 Å². The first-order chi connectivity index (χ1) is 11.6. The van der Waals surface area contributed by atoms with Crippen molar-refractivity contribution in [3.05, 3.63) is 72.9 Å². The zero-order valence-corrected chi connectivity index (χ0v) is 16.1. The average Bonchev–Trinajstić information content (AvgIpc) is 2.91. The van der Waals surface area contributed by atoms with Gasteiger partial charge in [0.2, 0.25) is 0 Å². The van der Waals surface area contributed by atoms with Crippen molar-refractivity contribution in [2.75, 3.05) is 0 Å². The fraction of sp³-hybridized carbons (Fsp3) is 0.158. The maximum absolute atomic E-state index is 12.6. The minimum absolute atomic E-state index is 0.178. The van der Waals surface area contributed by atoms with E-state index < -0.39 is 0 Å². The molecule has 24 heavy (non-hydrogen) atoms. The van der Waals surface area contributed by atoms with Gasteiger partial charge in [-0.05, 0) is 53.1 Å². The topological polar surface area (TPSA) is 34.4 Å². The van der Waals surface area contributed by atoms with E-state index in [2.05, 4.69) is 56.4 Å². The predicted octanol–water partition coefficient (Wildman–Crippen LogP) is 4.20. The molecule has 5 heteroatoms. The van der Waals surface area contributed by atoms with Gasteiger partial charge in [0.25, 0.3) is 5.91 Å². The highest BCUT2D eigenvalue weighted by Crippen LogP contribution is 2.34. The van der Waals surface area contributed by atoms with E-state index in [9.17, 15) is 4.79 Å². The zero-order valence-electron chi connectivity index (χ0n) is 13.1. The lowest BCUT2D eigenvalue weighted by Gasteiger charge is -2.16. The Balaban J connectivity index is 1.84. The minimum Gasteiger partial charge on any atom is -0.319 e. The summed E-state index contributed by atoms with van der Waals surface area (Å²) in [5, 5.41) is 0. The van der Waals surface area contributed by atoms with Gasteiger partial charge >= 0.3 is 0 Å². The lowest BCUT2D eigenvalue weighted by Crippen LogP contribution is -2.15. The smallest absolute Gasteiger partial charge is 0.280 e. The van der Waals surface area contributed by atoms with E-state index in [1.807, 2.05) is 31.3 Å². The molecular formula is C19H15IN2OS. The Labute approximate surface area is 157 Å². The molecule has 0 bridgehead atoms. The third kappa shape index (κ3) is 2.65. The summed E-state index contributed by atoms with van der Waals surface area (Å²) in [6, 6.07) is 16.1. The minimum atomic E-state index is -0.178. The quantitative estimate of drug-likeness (QED) is 0.516. The van der Waals surface area contributed by atoms with E-state index in [1.54, 1.807) is 11.3 Å². The van der Waals surface area contributed by atoms with E-state index in [1.165, 1.54) is 21.7 Å². The molecule has 0 saturated carbocycles. The summed E-state index contributed by atoms with van der Waals surface area (Å²) in [5.41, 5.74) is 4.50. The molecule has 0 saturated heterocycles. The first-order valence-corrected chi connectivity index (χ1v) is 9.65. The zero-order chi connectivity index (χ0) is 16.7. The number of benzene rings is 2. The van der Waals surface area contributed by atoms with Crippen LogP contribution < -0.4 is 4.80 Å². The van der Waals surface area contributed by atoms with Gasteiger partial charge in [0.05, 0.1) is 11.3 Å². The summed E-state index contributed by atoms with van der Waals surface area (Å²) in [6.07, 6.45) is 2.06. The monoisotopic (exact) mass is 446 g/mol. The molecule has 3 nitrogen and oxygen atoms in total. The molecule has 4 rings (SSSR count). The van der Waals surface area contributed by atoms with Crippen LogP contribution in [-0.2, 0) is 19.9 Å². The number of aryl methyl sites for hydroxylation is 2. The van der Waals surface area contributed by atoms with Gasteiger partial charge in [-0.15, -0.1) is 11.3 Å². The number of aromatic nitrogens is 1. The normalized spacial score (nSPS) is 13.5. The molecule has 0 fully saturated rings. The maximum Gasteiger partial charge on any atom is 0.280 e. The standard InChI is InChI=1S/C19H15IN2OS/c1-22-17-13-7-3-2-6-12(13)10-11-16(17)24-19(22)21-18(23)14-8-4-5-9-15(14)20/h2-9H,10-11H2,1H3. The van der Waals surface area contributed by atoms with E-state index >= 15 is 0 Å². The molecule has 1 aromatic heterocycles. The number of amides is 1. The highest BCUT2D eigenvalue weighted by molar-refractivity contribution is 14.1. The molecule has 1 aliphatic carbocycles. The third-order valence-electron chi connectivity index (χ3n) is 4.30. The van der Waals surface area contributed by atoms with Crippen molar-refractivity contribution in [1.29, 1.82) is 0 Å². The second-order valence-electron chi connectivity index (χ2n) is 5.77. The number of hydrogen-bond acceptors (Lipinski definition) is 2. The second-order valence-corrected chi connectivity index (χ2v) is 7.99. The number of rotatable bonds is 1. The van der Waals surface area contributed by atoms with Crippen LogP contribution in [0.1, 0.15) is 20.8 Å². The molecule has 0 atom stereocenters. The Hall–Kier alpha value is -1.73. The van der Waals surface area contributed by atoms with Gasteiger partial charge in [-0.2, -0.15) is 4.99 Å². The Bertz CT molecular complexity index is 1020. The van der Waals surface area contributed by atoms with Crippen molar-refractivity contribution in [3.63, 3.8) is 0 Å². The summed E-state index contributed by atoms with van der Waals surface area (Å²) in [7, 11) is 2.00. The van der Waals surface area contributed by atoms with Gasteiger partial charge in [0.1, 0.15) is 0 Å². The number of fused-ring (bicyclic) bond motifs is 3. The molecule has 2 aromatic carbocycles. The van der Waals surface area contributed by atoms with Gasteiger partial charge < -0.3 is 4.57 Å². The lowest BCUT2D eigenvalue weighted by atomic mass is 9.93. The van der Waals surface area contributed by atoms with Crippen LogP contribution in [-0.4, -0.2) is 10.5 Å². The number of thiazole rings is 1. The molecule has 0 aliphatic heterocycles. The maximum atomic E-state index is 12.6. The second kappa shape index (κ2) is 6.29. The van der Waals surface area contributed by atoms with Gasteiger partial charge in [-0.1, -0.05) is 36.4 Å². The molecule has 0 unspecified atom stereocenters. The SMILES string of the molecule is Cn1c2c(sc1=NC(=O)c1ccccc1I)CCc1ccccc1-2. The fourth-order valence-electron chi connectivity index (χ4n) is 3.11. The van der Waals surface area contributed by atoms with Crippen LogP contribution in [0.25, 0.3) is 11.3 Å². The largest absolute Gasteiger partial charge is 0.319 e. The number of halogens is 1. The Morgan fingerprint density at radius 3 is 2.71 bits per heavy atom. The number of carbonyl (C=O) groups is 1. The van der Waals surface area contributed by atoms with Crippen LogP contribution in [0.3, 0.4) is 0 Å². The Morgan fingerprint density at radius 1 is 1.12 bits per heavy atom. The summed E-state index contributed by atoms with van der Waals surface area (Å²) >= 11 is 3.81. The van der Waals surface area contributed by atoms with Crippen molar-refractivity contribution in [2.24, 2.45) is 12.0 Å². The summed E-state index contributed by atoms with van der Waals surface area (Å²) in [5.74, 6) is -0.178. The van der Waals surface area contributed by atoms with Gasteiger partial charge in [0, 0.05) is 21.1 Å². The van der Waals surface area contributed by atoms with Crippen LogP contribution in [0.5, 0.6) is 0 Å². The Kier molecular flexibility index (Phi) is 4.14. The first-order valence-electron chi connectivity index (χ1n) is 7.75. The number of hydrogen-bond donors (Lipinski definition) is 0. The van der Waals surface area contributed by atoms with Crippen molar-refractivity contribution in [1.82, 2.24) is 4.57 Å². The van der Waals surface area contributed by atoms with Crippen molar-refractivity contribution in [2.45, 2.75) is 12.8 Å². The van der Waals surface area contributed by atoms with Gasteiger partial charge in [-0.3, -0.25) is 4.79 Å². The molecule has 1 heterocycles. The number of nitrogens with zero attached hydrogens (tertiary/aromatic N) is 2. The molecule has 0 spiro atoms. The van der Waals surface area contributed by atoms with Crippen molar-refractivity contribution < 1.29 is 4.79 Å². The number of carbonyl (C=O) groups excluding carboxylic acids is 1. The molecule has 0 radical (unpaired) electrons. The van der Waals surface area contributed by atoms with Crippen LogP contribution in [0.2, 0.25) is 0 Å². The highest BCUT2D eigenvalue weighted by atomic mass is 127. The molecule has 1 amide bonds. The summed E-state index contributed by atoms with van der Waals surface area (Å²) < 4.78 is 2.99. The fourth-order valence-corrected chi connectivity index (χ4v) is 4.85. The third-order valence-corrected chi connectivity index (χ3v) is 6.43. The first kappa shape index (κ1) is 15.8.